The summed E-state index contributed by atoms with van der Waals surface area (Å²) in [5.74, 6) is 0. The number of hydrogen-bond donors (Lipinski definition) is 1. The van der Waals surface area contributed by atoms with Gasteiger partial charge in [0.05, 0.1) is 28.0 Å². The molecule has 2 amide bonds. The molecule has 8 nitrogen and oxygen atoms in total. The van der Waals surface area contributed by atoms with E-state index < -0.39 is 15.9 Å². The van der Waals surface area contributed by atoms with Crippen LogP contribution in [0.2, 0.25) is 0 Å². The number of fused-ring (bicyclic) bond motifs is 1. The van der Waals surface area contributed by atoms with E-state index in [0.717, 1.165) is 11.1 Å². The third-order valence-electron chi connectivity index (χ3n) is 4.83. The summed E-state index contributed by atoms with van der Waals surface area (Å²) in [4.78, 5) is 17.6. The first-order chi connectivity index (χ1) is 14.4. The van der Waals surface area contributed by atoms with Crippen LogP contribution in [0.5, 0.6) is 0 Å². The highest BCUT2D eigenvalue weighted by Crippen LogP contribution is 2.29. The standard InChI is InChI=1S/C21H19N5O3S/c1-25-19-5-2-6-20(18(19)13-24-25)30(28,29)17-9-7-16(8-10-17)26(21(22)27)14-15-4-3-11-23-12-15/h2-13H,14H2,1H3,(H2,22,27). The summed E-state index contributed by atoms with van der Waals surface area (Å²) < 4.78 is 28.1. The summed E-state index contributed by atoms with van der Waals surface area (Å²) in [6, 6.07) is 14.1. The van der Waals surface area contributed by atoms with E-state index in [0.29, 0.717) is 11.1 Å². The highest BCUT2D eigenvalue weighted by atomic mass is 32.2. The molecule has 9 heteroatoms. The van der Waals surface area contributed by atoms with E-state index in [1.807, 2.05) is 12.1 Å². The first kappa shape index (κ1) is 19.6. The Morgan fingerprint density at radius 3 is 2.50 bits per heavy atom. The SMILES string of the molecule is Cn1ncc2c(S(=O)(=O)c3ccc(N(Cc4cccnc4)C(N)=O)cc3)cccc21. The number of anilines is 1. The lowest BCUT2D eigenvalue weighted by Gasteiger charge is -2.20. The highest BCUT2D eigenvalue weighted by molar-refractivity contribution is 7.91. The Kier molecular flexibility index (Phi) is 4.96. The van der Waals surface area contributed by atoms with Crippen molar-refractivity contribution in [2.75, 3.05) is 4.90 Å². The average molecular weight is 421 g/mol. The van der Waals surface area contributed by atoms with Crippen LogP contribution in [0.25, 0.3) is 10.9 Å². The molecule has 0 radical (unpaired) electrons. The van der Waals surface area contributed by atoms with Gasteiger partial charge in [-0.2, -0.15) is 5.10 Å². The molecular weight excluding hydrogens is 402 g/mol. The maximum Gasteiger partial charge on any atom is 0.319 e. The quantitative estimate of drug-likeness (QED) is 0.533. The van der Waals surface area contributed by atoms with E-state index >= 15 is 0 Å². The molecule has 0 fully saturated rings. The fourth-order valence-electron chi connectivity index (χ4n) is 3.29. The van der Waals surface area contributed by atoms with Gasteiger partial charge in [0.2, 0.25) is 9.84 Å². The molecule has 4 aromatic rings. The van der Waals surface area contributed by atoms with Gasteiger partial charge < -0.3 is 5.73 Å². The molecule has 2 aromatic heterocycles. The van der Waals surface area contributed by atoms with Crippen molar-refractivity contribution in [1.29, 1.82) is 0 Å². The lowest BCUT2D eigenvalue weighted by atomic mass is 10.2. The lowest BCUT2D eigenvalue weighted by molar-refractivity contribution is 0.253. The molecule has 0 spiro atoms. The average Bonchev–Trinajstić information content (AvgIpc) is 3.13. The molecule has 152 valence electrons. The van der Waals surface area contributed by atoms with Gasteiger partial charge >= 0.3 is 6.03 Å². The topological polar surface area (TPSA) is 111 Å². The largest absolute Gasteiger partial charge is 0.351 e. The fourth-order valence-corrected chi connectivity index (χ4v) is 4.74. The molecule has 0 atom stereocenters. The van der Waals surface area contributed by atoms with Crippen LogP contribution in [0.1, 0.15) is 5.56 Å². The van der Waals surface area contributed by atoms with Crippen LogP contribution in [0.3, 0.4) is 0 Å². The summed E-state index contributed by atoms with van der Waals surface area (Å²) in [6.45, 7) is 0.226. The molecular formula is C21H19N5O3S. The number of amides is 2. The number of pyridine rings is 1. The van der Waals surface area contributed by atoms with E-state index in [-0.39, 0.29) is 16.3 Å². The predicted molar refractivity (Wildman–Crippen MR) is 113 cm³/mol. The summed E-state index contributed by atoms with van der Waals surface area (Å²) in [6.07, 6.45) is 4.82. The Morgan fingerprint density at radius 2 is 1.83 bits per heavy atom. The zero-order valence-electron chi connectivity index (χ0n) is 16.1. The van der Waals surface area contributed by atoms with Gasteiger partial charge in [-0.1, -0.05) is 12.1 Å². The molecule has 0 saturated heterocycles. The van der Waals surface area contributed by atoms with Crippen molar-refractivity contribution in [2.24, 2.45) is 12.8 Å². The number of hydrogen-bond acceptors (Lipinski definition) is 5. The third-order valence-corrected chi connectivity index (χ3v) is 6.66. The number of sulfone groups is 1. The molecule has 30 heavy (non-hydrogen) atoms. The second kappa shape index (κ2) is 7.60. The van der Waals surface area contributed by atoms with E-state index in [1.165, 1.54) is 17.0 Å². The Morgan fingerprint density at radius 1 is 1.07 bits per heavy atom. The maximum absolute atomic E-state index is 13.2. The Labute approximate surface area is 173 Å². The van der Waals surface area contributed by atoms with Crippen molar-refractivity contribution in [3.63, 3.8) is 0 Å². The summed E-state index contributed by atoms with van der Waals surface area (Å²) >= 11 is 0. The molecule has 0 aliphatic heterocycles. The Hall–Kier alpha value is -3.72. The van der Waals surface area contributed by atoms with Gasteiger partial charge in [0.1, 0.15) is 0 Å². The number of benzene rings is 2. The van der Waals surface area contributed by atoms with Crippen LogP contribution in [-0.2, 0) is 23.4 Å². The van der Waals surface area contributed by atoms with Gasteiger partial charge in [-0.15, -0.1) is 0 Å². The third kappa shape index (κ3) is 3.50. The van der Waals surface area contributed by atoms with Gasteiger partial charge in [-0.3, -0.25) is 14.6 Å². The van der Waals surface area contributed by atoms with Crippen LogP contribution in [0.4, 0.5) is 10.5 Å². The number of aryl methyl sites for hydroxylation is 1. The predicted octanol–water partition coefficient (Wildman–Crippen LogP) is 2.89. The number of rotatable bonds is 5. The number of aromatic nitrogens is 3. The van der Waals surface area contributed by atoms with E-state index in [9.17, 15) is 13.2 Å². The molecule has 0 aliphatic carbocycles. The van der Waals surface area contributed by atoms with Crippen molar-refractivity contribution < 1.29 is 13.2 Å². The Bertz CT molecular complexity index is 1320. The highest BCUT2D eigenvalue weighted by Gasteiger charge is 2.22. The van der Waals surface area contributed by atoms with Crippen LogP contribution < -0.4 is 10.6 Å². The number of primary amides is 1. The molecule has 2 aromatic carbocycles. The van der Waals surface area contributed by atoms with Crippen molar-refractivity contribution >= 4 is 32.5 Å². The van der Waals surface area contributed by atoms with Gasteiger partial charge in [0.25, 0.3) is 0 Å². The van der Waals surface area contributed by atoms with Gasteiger partial charge in [0, 0.05) is 30.5 Å². The second-order valence-electron chi connectivity index (χ2n) is 6.74. The summed E-state index contributed by atoms with van der Waals surface area (Å²) in [7, 11) is -2.01. The van der Waals surface area contributed by atoms with Crippen molar-refractivity contribution in [2.45, 2.75) is 16.3 Å². The number of carbonyl (C=O) groups is 1. The second-order valence-corrected chi connectivity index (χ2v) is 8.66. The molecule has 2 N–H and O–H groups in total. The van der Waals surface area contributed by atoms with Crippen LogP contribution >= 0.6 is 0 Å². The number of nitrogens with zero attached hydrogens (tertiary/aromatic N) is 4. The van der Waals surface area contributed by atoms with Crippen LogP contribution in [0.15, 0.2) is 83.0 Å². The molecule has 2 heterocycles. The minimum atomic E-state index is -3.77. The first-order valence-corrected chi connectivity index (χ1v) is 10.6. The minimum Gasteiger partial charge on any atom is -0.351 e. The number of carbonyl (C=O) groups excluding carboxylic acids is 1. The fraction of sp³-hybridized carbons (Fsp3) is 0.0952. The van der Waals surface area contributed by atoms with Crippen LogP contribution in [-0.4, -0.2) is 29.2 Å². The molecule has 0 bridgehead atoms. The maximum atomic E-state index is 13.2. The van der Waals surface area contributed by atoms with Gasteiger partial charge in [-0.05, 0) is 48.0 Å². The zero-order valence-corrected chi connectivity index (χ0v) is 17.0. The summed E-state index contributed by atoms with van der Waals surface area (Å²) in [5, 5.41) is 4.70. The summed E-state index contributed by atoms with van der Waals surface area (Å²) in [5.41, 5.74) is 7.55. The lowest BCUT2D eigenvalue weighted by Crippen LogP contribution is -2.35. The monoisotopic (exact) mass is 421 g/mol. The normalized spacial score (nSPS) is 11.5. The van der Waals surface area contributed by atoms with E-state index in [4.69, 9.17) is 5.73 Å². The van der Waals surface area contributed by atoms with Crippen molar-refractivity contribution in [1.82, 2.24) is 14.8 Å². The molecule has 0 unspecified atom stereocenters. The van der Waals surface area contributed by atoms with E-state index in [2.05, 4.69) is 10.1 Å². The van der Waals surface area contributed by atoms with E-state index in [1.54, 1.807) is 60.7 Å². The molecule has 4 rings (SSSR count). The number of urea groups is 1. The minimum absolute atomic E-state index is 0.119. The van der Waals surface area contributed by atoms with Gasteiger partial charge in [0.15, 0.2) is 0 Å². The van der Waals surface area contributed by atoms with Crippen molar-refractivity contribution in [3.05, 3.63) is 78.8 Å². The Balaban J connectivity index is 1.69. The molecule has 0 saturated carbocycles. The molecule has 0 aliphatic rings. The number of nitrogens with two attached hydrogens (primary N) is 1. The zero-order chi connectivity index (χ0) is 21.3. The van der Waals surface area contributed by atoms with Gasteiger partial charge in [-0.25, -0.2) is 13.2 Å². The smallest absolute Gasteiger partial charge is 0.319 e. The van der Waals surface area contributed by atoms with Crippen LogP contribution in [0, 0.1) is 0 Å². The first-order valence-electron chi connectivity index (χ1n) is 9.09. The van der Waals surface area contributed by atoms with Crippen molar-refractivity contribution in [3.8, 4) is 0 Å².